The lowest BCUT2D eigenvalue weighted by atomic mass is 9.87. The fraction of sp³-hybridized carbons (Fsp3) is 0.0952. The second-order valence-corrected chi connectivity index (χ2v) is 12.5. The fourth-order valence-corrected chi connectivity index (χ4v) is 7.58. The zero-order valence-electron chi connectivity index (χ0n) is 25.0. The van der Waals surface area contributed by atoms with Crippen molar-refractivity contribution in [3.8, 4) is 11.1 Å². The summed E-state index contributed by atoms with van der Waals surface area (Å²) >= 11 is 0. The summed E-state index contributed by atoms with van der Waals surface area (Å²) in [5.74, 6) is 0.359. The first-order chi connectivity index (χ1) is 22.8. The van der Waals surface area contributed by atoms with Gasteiger partial charge in [0.05, 0.1) is 17.6 Å². The van der Waals surface area contributed by atoms with Gasteiger partial charge in [-0.2, -0.15) is 0 Å². The molecule has 10 rings (SSSR count). The lowest BCUT2D eigenvalue weighted by Gasteiger charge is -2.34. The number of allylic oxidation sites excluding steroid dienone is 9. The number of hydrogen-bond donors (Lipinski definition) is 2. The highest BCUT2D eigenvalue weighted by Crippen LogP contribution is 2.45. The van der Waals surface area contributed by atoms with E-state index in [1.807, 2.05) is 6.20 Å². The molecule has 0 bridgehead atoms. The molecule has 3 atom stereocenters. The molecule has 0 fully saturated rings. The van der Waals surface area contributed by atoms with E-state index in [-0.39, 0.29) is 12.1 Å². The molecule has 0 spiro atoms. The zero-order chi connectivity index (χ0) is 30.2. The molecule has 4 heterocycles. The van der Waals surface area contributed by atoms with Crippen molar-refractivity contribution in [1.82, 2.24) is 10.6 Å². The second-order valence-electron chi connectivity index (χ2n) is 12.5. The maximum atomic E-state index is 6.78. The maximum Gasteiger partial charge on any atom is 0.144 e. The Morgan fingerprint density at radius 1 is 0.674 bits per heavy atom. The van der Waals surface area contributed by atoms with Gasteiger partial charge in [0, 0.05) is 33.2 Å². The minimum absolute atomic E-state index is 0.0760. The summed E-state index contributed by atoms with van der Waals surface area (Å²) in [5.41, 5.74) is 11.8. The molecular weight excluding hydrogens is 564 g/mol. The van der Waals surface area contributed by atoms with Crippen molar-refractivity contribution >= 4 is 43.9 Å². The summed E-state index contributed by atoms with van der Waals surface area (Å²) in [4.78, 5) is 0. The van der Waals surface area contributed by atoms with Crippen molar-refractivity contribution in [2.45, 2.75) is 24.4 Å². The molecule has 3 unspecified atom stereocenters. The molecule has 0 saturated carbocycles. The third kappa shape index (κ3) is 3.86. The number of benzene rings is 4. The third-order valence-corrected chi connectivity index (χ3v) is 9.90. The van der Waals surface area contributed by atoms with E-state index in [9.17, 15) is 0 Å². The van der Waals surface area contributed by atoms with Crippen LogP contribution in [-0.4, -0.2) is 6.04 Å². The Kier molecular flexibility index (Phi) is 5.49. The normalized spacial score (nSPS) is 21.6. The summed E-state index contributed by atoms with van der Waals surface area (Å²) < 4.78 is 13.6. The summed E-state index contributed by atoms with van der Waals surface area (Å²) in [6.45, 7) is 0. The molecule has 2 N–H and O–H groups in total. The summed E-state index contributed by atoms with van der Waals surface area (Å²) in [6, 6.07) is 26.0. The van der Waals surface area contributed by atoms with Gasteiger partial charge in [-0.15, -0.1) is 0 Å². The summed E-state index contributed by atoms with van der Waals surface area (Å²) in [5, 5.41) is 11.9. The molecule has 0 amide bonds. The van der Waals surface area contributed by atoms with Crippen LogP contribution >= 0.6 is 0 Å². The molecule has 4 aromatic carbocycles. The van der Waals surface area contributed by atoms with E-state index in [0.29, 0.717) is 5.92 Å². The Morgan fingerprint density at radius 2 is 1.50 bits per heavy atom. The molecule has 0 saturated heterocycles. The predicted octanol–water partition coefficient (Wildman–Crippen LogP) is 10.2. The van der Waals surface area contributed by atoms with E-state index >= 15 is 0 Å². The molecule has 2 aromatic heterocycles. The van der Waals surface area contributed by atoms with Crippen molar-refractivity contribution in [2.75, 3.05) is 0 Å². The van der Waals surface area contributed by atoms with Crippen molar-refractivity contribution < 1.29 is 8.83 Å². The highest BCUT2D eigenvalue weighted by molar-refractivity contribution is 6.17. The molecule has 46 heavy (non-hydrogen) atoms. The molecular formula is C42H30N2O2. The van der Waals surface area contributed by atoms with E-state index in [0.717, 1.165) is 61.6 Å². The molecule has 4 aliphatic rings. The van der Waals surface area contributed by atoms with Crippen LogP contribution in [0, 0.1) is 0 Å². The van der Waals surface area contributed by atoms with Gasteiger partial charge in [0.2, 0.25) is 0 Å². The average molecular weight is 595 g/mol. The van der Waals surface area contributed by atoms with E-state index in [2.05, 4.69) is 144 Å². The van der Waals surface area contributed by atoms with Gasteiger partial charge in [0.25, 0.3) is 0 Å². The Morgan fingerprint density at radius 3 is 2.33 bits per heavy atom. The van der Waals surface area contributed by atoms with Crippen LogP contribution in [-0.2, 0) is 0 Å². The predicted molar refractivity (Wildman–Crippen MR) is 187 cm³/mol. The first-order valence-electron chi connectivity index (χ1n) is 16.0. The third-order valence-electron chi connectivity index (χ3n) is 9.90. The van der Waals surface area contributed by atoms with E-state index in [1.54, 1.807) is 0 Å². The molecule has 4 nitrogen and oxygen atoms in total. The van der Waals surface area contributed by atoms with Crippen LogP contribution in [0.2, 0.25) is 0 Å². The maximum absolute atomic E-state index is 6.78. The molecule has 220 valence electrons. The second kappa shape index (κ2) is 9.88. The largest absolute Gasteiger partial charge is 0.456 e. The number of hydrogen-bond acceptors (Lipinski definition) is 4. The minimum atomic E-state index is -0.147. The quantitative estimate of drug-likeness (QED) is 0.214. The first-order valence-corrected chi connectivity index (χ1v) is 16.0. The van der Waals surface area contributed by atoms with Crippen molar-refractivity contribution in [1.29, 1.82) is 0 Å². The lowest BCUT2D eigenvalue weighted by Crippen LogP contribution is -2.40. The number of fused-ring (bicyclic) bond motifs is 8. The van der Waals surface area contributed by atoms with Crippen molar-refractivity contribution in [3.05, 3.63) is 168 Å². The average Bonchev–Trinajstić information content (AvgIpc) is 3.68. The summed E-state index contributed by atoms with van der Waals surface area (Å²) in [6.07, 6.45) is 24.9. The highest BCUT2D eigenvalue weighted by atomic mass is 16.3. The monoisotopic (exact) mass is 594 g/mol. The molecule has 4 heteroatoms. The Labute approximate surface area is 266 Å². The van der Waals surface area contributed by atoms with Crippen LogP contribution in [0.1, 0.15) is 29.5 Å². The highest BCUT2D eigenvalue weighted by Gasteiger charge is 2.31. The standard InChI is InChI=1S/C42H30N2O2/c1-3-8-25(9-4-1)29-16-19-36-31(22-29)33-24-34-32-23-30(26-10-5-2-6-11-26)17-20-37(32)46-42(34)38(41(33)45-36)35-18-15-28-14-13-27-12-7-21-43-39(27)40(28)44-35/h1-10,12-24,26,35,39,43-44H,11H2. The summed E-state index contributed by atoms with van der Waals surface area (Å²) in [7, 11) is 0. The van der Waals surface area contributed by atoms with Crippen LogP contribution in [0.4, 0.5) is 0 Å². The fourth-order valence-electron chi connectivity index (χ4n) is 7.58. The van der Waals surface area contributed by atoms with Gasteiger partial charge in [-0.25, -0.2) is 0 Å². The lowest BCUT2D eigenvalue weighted by molar-refractivity contribution is 0.587. The smallest absolute Gasteiger partial charge is 0.144 e. The SMILES string of the molecule is C1=CCC(c2ccc3oc4c(C5C=CC6=C(N5)C5NC=CC=C5C=C6)c5oc6ccc(-c7ccccc7)cc6c5cc4c3c2)C=C1. The zero-order valence-corrected chi connectivity index (χ0v) is 25.0. The number of dihydropyridines is 2. The van der Waals surface area contributed by atoms with E-state index in [4.69, 9.17) is 8.83 Å². The van der Waals surface area contributed by atoms with Gasteiger partial charge >= 0.3 is 0 Å². The topological polar surface area (TPSA) is 50.3 Å². The Balaban J connectivity index is 1.21. The minimum Gasteiger partial charge on any atom is -0.456 e. The molecule has 2 aliphatic heterocycles. The van der Waals surface area contributed by atoms with Crippen molar-refractivity contribution in [2.24, 2.45) is 0 Å². The Bertz CT molecular complexity index is 2460. The molecule has 2 aliphatic carbocycles. The number of rotatable bonds is 3. The van der Waals surface area contributed by atoms with Gasteiger partial charge in [-0.1, -0.05) is 97.1 Å². The van der Waals surface area contributed by atoms with Crippen LogP contribution in [0.25, 0.3) is 55.0 Å². The molecule has 6 aromatic rings. The first kappa shape index (κ1) is 25.6. The van der Waals surface area contributed by atoms with Gasteiger partial charge in [0.15, 0.2) is 0 Å². The molecule has 0 radical (unpaired) electrons. The van der Waals surface area contributed by atoms with Gasteiger partial charge in [-0.3, -0.25) is 0 Å². The van der Waals surface area contributed by atoms with Crippen LogP contribution in [0.15, 0.2) is 165 Å². The van der Waals surface area contributed by atoms with Crippen molar-refractivity contribution in [3.63, 3.8) is 0 Å². The Hall–Kier alpha value is -5.74. The van der Waals surface area contributed by atoms with Crippen LogP contribution in [0.5, 0.6) is 0 Å². The number of furan rings is 2. The van der Waals surface area contributed by atoms with Gasteiger partial charge in [-0.05, 0) is 76.9 Å². The van der Waals surface area contributed by atoms with Crippen LogP contribution in [0.3, 0.4) is 0 Å². The van der Waals surface area contributed by atoms with Gasteiger partial charge in [0.1, 0.15) is 22.3 Å². The van der Waals surface area contributed by atoms with Gasteiger partial charge < -0.3 is 19.5 Å². The van der Waals surface area contributed by atoms with E-state index < -0.39 is 0 Å². The van der Waals surface area contributed by atoms with E-state index in [1.165, 1.54) is 27.8 Å². The number of nitrogens with one attached hydrogen (secondary N) is 2. The van der Waals surface area contributed by atoms with Crippen LogP contribution < -0.4 is 10.6 Å².